The van der Waals surface area contributed by atoms with Gasteiger partial charge in [0, 0.05) is 40.0 Å². The van der Waals surface area contributed by atoms with E-state index in [9.17, 15) is 19.5 Å². The molecule has 4 rings (SSSR count). The zero-order valence-corrected chi connectivity index (χ0v) is 24.4. The van der Waals surface area contributed by atoms with Crippen LogP contribution < -0.4 is 10.6 Å². The summed E-state index contributed by atoms with van der Waals surface area (Å²) >= 11 is 0. The van der Waals surface area contributed by atoms with E-state index in [4.69, 9.17) is 0 Å². The summed E-state index contributed by atoms with van der Waals surface area (Å²) in [4.78, 5) is 42.5. The van der Waals surface area contributed by atoms with Crippen LogP contribution >= 0.6 is 12.4 Å². The Labute approximate surface area is 248 Å². The number of nitrogens with zero attached hydrogens (tertiary/aromatic N) is 2. The van der Waals surface area contributed by atoms with Crippen molar-refractivity contribution in [3.63, 3.8) is 0 Å². The summed E-state index contributed by atoms with van der Waals surface area (Å²) < 4.78 is 0. The summed E-state index contributed by atoms with van der Waals surface area (Å²) in [6.07, 6.45) is 1.67. The fourth-order valence-corrected chi connectivity index (χ4v) is 5.38. The Morgan fingerprint density at radius 2 is 1.49 bits per heavy atom. The van der Waals surface area contributed by atoms with Crippen LogP contribution in [0.5, 0.6) is 5.75 Å². The molecule has 41 heavy (non-hydrogen) atoms. The van der Waals surface area contributed by atoms with Crippen molar-refractivity contribution in [2.24, 2.45) is 0 Å². The van der Waals surface area contributed by atoms with Gasteiger partial charge in [-0.2, -0.15) is 0 Å². The second kappa shape index (κ2) is 14.7. The lowest BCUT2D eigenvalue weighted by Gasteiger charge is -2.42. The van der Waals surface area contributed by atoms with E-state index in [1.54, 1.807) is 36.2 Å². The van der Waals surface area contributed by atoms with E-state index >= 15 is 0 Å². The number of phenolic OH excluding ortho intramolecular Hbond substituents is 1. The molecule has 0 radical (unpaired) electrons. The van der Waals surface area contributed by atoms with Gasteiger partial charge in [0.25, 0.3) is 0 Å². The van der Waals surface area contributed by atoms with Crippen LogP contribution in [0, 0.1) is 0 Å². The summed E-state index contributed by atoms with van der Waals surface area (Å²) in [7, 11) is 1.74. The summed E-state index contributed by atoms with van der Waals surface area (Å²) in [5, 5.41) is 15.8. The Balaban J connectivity index is 0.00000462. The minimum absolute atomic E-state index is 0. The van der Waals surface area contributed by atoms with Crippen molar-refractivity contribution in [2.45, 2.75) is 44.3 Å². The molecule has 3 aromatic rings. The van der Waals surface area contributed by atoms with Crippen molar-refractivity contribution in [1.82, 2.24) is 20.4 Å². The lowest BCUT2D eigenvalue weighted by molar-refractivity contribution is -0.136. The highest BCUT2D eigenvalue weighted by molar-refractivity contribution is 5.88. The first-order valence-electron chi connectivity index (χ1n) is 13.7. The largest absolute Gasteiger partial charge is 0.508 e. The van der Waals surface area contributed by atoms with Crippen molar-refractivity contribution in [3.05, 3.63) is 102 Å². The van der Waals surface area contributed by atoms with E-state index in [2.05, 4.69) is 15.5 Å². The number of hydrogen-bond acceptors (Lipinski definition) is 5. The summed E-state index contributed by atoms with van der Waals surface area (Å²) in [5.41, 5.74) is 2.45. The Bertz CT molecular complexity index is 1280. The molecule has 218 valence electrons. The molecule has 1 fully saturated rings. The highest BCUT2D eigenvalue weighted by atomic mass is 35.5. The van der Waals surface area contributed by atoms with Crippen molar-refractivity contribution in [2.75, 3.05) is 26.7 Å². The van der Waals surface area contributed by atoms with Crippen LogP contribution in [-0.2, 0) is 32.9 Å². The van der Waals surface area contributed by atoms with Crippen LogP contribution in [0.3, 0.4) is 0 Å². The SMILES string of the molecule is CC(=O)NC1(c2ccccc2)CCN(CC(=O)N[C@@H](Cc2ccc(O)cc2)C(=O)N(C)Cc2ccccc2)CC1.Cl. The van der Waals surface area contributed by atoms with Crippen molar-refractivity contribution >= 4 is 30.1 Å². The second-order valence-electron chi connectivity index (χ2n) is 10.6. The number of carbonyl (C=O) groups is 3. The Morgan fingerprint density at radius 1 is 0.902 bits per heavy atom. The molecule has 3 N–H and O–H groups in total. The van der Waals surface area contributed by atoms with Gasteiger partial charge in [0.2, 0.25) is 17.7 Å². The molecule has 3 aromatic carbocycles. The van der Waals surface area contributed by atoms with Crippen molar-refractivity contribution in [3.8, 4) is 5.75 Å². The Morgan fingerprint density at radius 3 is 2.07 bits per heavy atom. The number of amides is 3. The van der Waals surface area contributed by atoms with Gasteiger partial charge in [-0.1, -0.05) is 72.8 Å². The number of benzene rings is 3. The molecule has 3 amide bonds. The molecule has 9 heteroatoms. The van der Waals surface area contributed by atoms with Gasteiger partial charge >= 0.3 is 0 Å². The van der Waals surface area contributed by atoms with Crippen LogP contribution in [-0.4, -0.2) is 65.4 Å². The van der Waals surface area contributed by atoms with E-state index in [-0.39, 0.29) is 42.4 Å². The normalized spacial score (nSPS) is 15.2. The quantitative estimate of drug-likeness (QED) is 0.341. The van der Waals surface area contributed by atoms with Crippen LogP contribution in [0.25, 0.3) is 0 Å². The zero-order valence-electron chi connectivity index (χ0n) is 23.6. The molecule has 0 spiro atoms. The van der Waals surface area contributed by atoms with Gasteiger partial charge in [-0.05, 0) is 41.7 Å². The van der Waals surface area contributed by atoms with Gasteiger partial charge in [0.1, 0.15) is 11.8 Å². The van der Waals surface area contributed by atoms with Crippen LogP contribution in [0.15, 0.2) is 84.9 Å². The van der Waals surface area contributed by atoms with Crippen LogP contribution in [0.1, 0.15) is 36.5 Å². The van der Waals surface area contributed by atoms with Crippen LogP contribution in [0.2, 0.25) is 0 Å². The van der Waals surface area contributed by atoms with Crippen molar-refractivity contribution < 1.29 is 19.5 Å². The van der Waals surface area contributed by atoms with E-state index < -0.39 is 11.6 Å². The average molecular weight is 579 g/mol. The molecular formula is C32H39ClN4O4. The highest BCUT2D eigenvalue weighted by Crippen LogP contribution is 2.33. The van der Waals surface area contributed by atoms with E-state index in [0.29, 0.717) is 38.9 Å². The first-order valence-corrected chi connectivity index (χ1v) is 13.7. The predicted molar refractivity (Wildman–Crippen MR) is 162 cm³/mol. The number of halogens is 1. The van der Waals surface area contributed by atoms with Gasteiger partial charge in [0.05, 0.1) is 12.1 Å². The smallest absolute Gasteiger partial charge is 0.245 e. The van der Waals surface area contributed by atoms with E-state index in [1.165, 1.54) is 6.92 Å². The van der Waals surface area contributed by atoms with Gasteiger partial charge in [0.15, 0.2) is 0 Å². The van der Waals surface area contributed by atoms with E-state index in [0.717, 1.165) is 16.7 Å². The maximum Gasteiger partial charge on any atom is 0.245 e. The highest BCUT2D eigenvalue weighted by Gasteiger charge is 2.37. The first-order chi connectivity index (χ1) is 19.2. The third kappa shape index (κ3) is 8.80. The molecular weight excluding hydrogens is 540 g/mol. The monoisotopic (exact) mass is 578 g/mol. The number of likely N-dealkylation sites (N-methyl/N-ethyl adjacent to an activating group) is 1. The Hall–Kier alpha value is -3.88. The molecule has 1 aliphatic heterocycles. The standard InChI is InChI=1S/C32H38N4O4.ClH/c1-24(37)34-32(27-11-7-4-8-12-27)17-19-36(20-18-32)23-30(39)33-29(21-25-13-15-28(38)16-14-25)31(40)35(2)22-26-9-5-3-6-10-26;/h3-16,29,38H,17-23H2,1-2H3,(H,33,39)(H,34,37);1H/t29-;/m0./s1. The minimum atomic E-state index is -0.752. The summed E-state index contributed by atoms with van der Waals surface area (Å²) in [6.45, 7) is 3.38. The maximum absolute atomic E-state index is 13.5. The molecule has 0 aromatic heterocycles. The number of rotatable bonds is 10. The molecule has 0 aliphatic carbocycles. The lowest BCUT2D eigenvalue weighted by atomic mass is 9.80. The molecule has 0 saturated carbocycles. The minimum Gasteiger partial charge on any atom is -0.508 e. The number of likely N-dealkylation sites (tertiary alicyclic amines) is 1. The first kappa shape index (κ1) is 31.6. The fourth-order valence-electron chi connectivity index (χ4n) is 5.38. The number of aromatic hydroxyl groups is 1. The predicted octanol–water partition coefficient (Wildman–Crippen LogP) is 3.63. The number of nitrogens with one attached hydrogen (secondary N) is 2. The average Bonchev–Trinajstić information content (AvgIpc) is 2.95. The molecule has 0 unspecified atom stereocenters. The number of piperidine rings is 1. The molecule has 1 aliphatic rings. The molecule has 0 bridgehead atoms. The number of phenols is 1. The van der Waals surface area contributed by atoms with Gasteiger partial charge in [-0.25, -0.2) is 0 Å². The molecule has 1 heterocycles. The third-order valence-electron chi connectivity index (χ3n) is 7.47. The van der Waals surface area contributed by atoms with Gasteiger partial charge in [-0.15, -0.1) is 12.4 Å². The fraction of sp³-hybridized carbons (Fsp3) is 0.344. The zero-order chi connectivity index (χ0) is 28.5. The molecule has 1 atom stereocenters. The molecule has 8 nitrogen and oxygen atoms in total. The van der Waals surface area contributed by atoms with E-state index in [1.807, 2.05) is 60.7 Å². The summed E-state index contributed by atoms with van der Waals surface area (Å²) in [5.74, 6) is -0.340. The lowest BCUT2D eigenvalue weighted by Crippen LogP contribution is -2.55. The van der Waals surface area contributed by atoms with Gasteiger partial charge < -0.3 is 20.6 Å². The third-order valence-corrected chi connectivity index (χ3v) is 7.47. The number of hydrogen-bond donors (Lipinski definition) is 3. The number of carbonyl (C=O) groups excluding carboxylic acids is 3. The Kier molecular flexibility index (Phi) is 11.3. The summed E-state index contributed by atoms with van der Waals surface area (Å²) in [6, 6.07) is 25.6. The molecule has 1 saturated heterocycles. The second-order valence-corrected chi connectivity index (χ2v) is 10.6. The van der Waals surface area contributed by atoms with Gasteiger partial charge in [-0.3, -0.25) is 19.3 Å². The van der Waals surface area contributed by atoms with Crippen molar-refractivity contribution in [1.29, 1.82) is 0 Å². The van der Waals surface area contributed by atoms with Crippen LogP contribution in [0.4, 0.5) is 0 Å². The maximum atomic E-state index is 13.5. The topological polar surface area (TPSA) is 102 Å².